The monoisotopic (exact) mass is 387 g/mol. The Morgan fingerprint density at radius 2 is 1.93 bits per heavy atom. The van der Waals surface area contributed by atoms with Crippen LogP contribution in [-0.4, -0.2) is 44.5 Å². The lowest BCUT2D eigenvalue weighted by molar-refractivity contribution is 0.194. The van der Waals surface area contributed by atoms with Crippen molar-refractivity contribution in [2.75, 3.05) is 13.6 Å². The fourth-order valence-electron chi connectivity index (χ4n) is 4.73. The number of pyridine rings is 1. The fraction of sp³-hybridized carbons (Fsp3) is 0.417. The van der Waals surface area contributed by atoms with Crippen molar-refractivity contribution in [3.8, 4) is 11.3 Å². The number of imidazole rings is 1. The van der Waals surface area contributed by atoms with Crippen LogP contribution < -0.4 is 0 Å². The number of fused-ring (bicyclic) bond motifs is 2. The number of aryl methyl sites for hydroxylation is 1. The molecular formula is C24H29N5. The lowest BCUT2D eigenvalue weighted by Gasteiger charge is -2.31. The molecule has 0 bridgehead atoms. The number of nitrogens with one attached hydrogen (secondary N) is 2. The summed E-state index contributed by atoms with van der Waals surface area (Å²) >= 11 is 0. The van der Waals surface area contributed by atoms with Gasteiger partial charge >= 0.3 is 0 Å². The molecule has 150 valence electrons. The average Bonchev–Trinajstić information content (AvgIpc) is 3.34. The van der Waals surface area contributed by atoms with Gasteiger partial charge in [-0.25, -0.2) is 9.97 Å². The first-order valence-electron chi connectivity index (χ1n) is 10.8. The van der Waals surface area contributed by atoms with Gasteiger partial charge in [-0.2, -0.15) is 0 Å². The van der Waals surface area contributed by atoms with E-state index in [4.69, 9.17) is 0 Å². The van der Waals surface area contributed by atoms with Crippen LogP contribution in [0, 0.1) is 6.92 Å². The Kier molecular flexibility index (Phi) is 4.84. The molecule has 5 rings (SSSR count). The van der Waals surface area contributed by atoms with E-state index in [1.54, 1.807) is 0 Å². The molecule has 0 saturated heterocycles. The number of benzene rings is 1. The zero-order valence-corrected chi connectivity index (χ0v) is 17.3. The minimum Gasteiger partial charge on any atom is -0.354 e. The fourth-order valence-corrected chi connectivity index (χ4v) is 4.73. The molecule has 29 heavy (non-hydrogen) atoms. The Morgan fingerprint density at radius 1 is 1.07 bits per heavy atom. The highest BCUT2D eigenvalue weighted by molar-refractivity contribution is 5.94. The molecule has 3 heterocycles. The van der Waals surface area contributed by atoms with Crippen molar-refractivity contribution >= 4 is 22.1 Å². The van der Waals surface area contributed by atoms with Crippen molar-refractivity contribution in [3.05, 3.63) is 47.9 Å². The van der Waals surface area contributed by atoms with Gasteiger partial charge in [0.25, 0.3) is 0 Å². The van der Waals surface area contributed by atoms with Crippen molar-refractivity contribution in [1.29, 1.82) is 0 Å². The van der Waals surface area contributed by atoms with E-state index in [2.05, 4.69) is 56.1 Å². The van der Waals surface area contributed by atoms with Gasteiger partial charge in [0, 0.05) is 40.9 Å². The third kappa shape index (κ3) is 3.67. The second kappa shape index (κ2) is 7.64. The number of rotatable bonds is 5. The van der Waals surface area contributed by atoms with Crippen molar-refractivity contribution in [2.45, 2.75) is 51.5 Å². The molecule has 0 amide bonds. The van der Waals surface area contributed by atoms with Crippen molar-refractivity contribution < 1.29 is 0 Å². The molecule has 4 aromatic rings. The topological polar surface area (TPSA) is 60.6 Å². The summed E-state index contributed by atoms with van der Waals surface area (Å²) < 4.78 is 0. The molecule has 2 N–H and O–H groups in total. The van der Waals surface area contributed by atoms with Crippen LogP contribution in [0.3, 0.4) is 0 Å². The second-order valence-electron chi connectivity index (χ2n) is 8.50. The lowest BCUT2D eigenvalue weighted by atomic mass is 9.94. The van der Waals surface area contributed by atoms with E-state index in [0.29, 0.717) is 0 Å². The molecule has 1 fully saturated rings. The highest BCUT2D eigenvalue weighted by Crippen LogP contribution is 2.29. The molecule has 5 nitrogen and oxygen atoms in total. The second-order valence-corrected chi connectivity index (χ2v) is 8.50. The average molecular weight is 388 g/mol. The smallest absolute Gasteiger partial charge is 0.158 e. The van der Waals surface area contributed by atoms with Crippen LogP contribution in [0.15, 0.2) is 36.5 Å². The van der Waals surface area contributed by atoms with E-state index in [-0.39, 0.29) is 0 Å². The van der Waals surface area contributed by atoms with E-state index >= 15 is 0 Å². The molecule has 1 aliphatic carbocycles. The molecule has 0 aliphatic heterocycles. The molecule has 1 saturated carbocycles. The van der Waals surface area contributed by atoms with E-state index in [0.717, 1.165) is 47.3 Å². The van der Waals surface area contributed by atoms with Gasteiger partial charge in [-0.05, 0) is 57.0 Å². The van der Waals surface area contributed by atoms with Gasteiger partial charge in [0.15, 0.2) is 5.65 Å². The Balaban J connectivity index is 1.37. The van der Waals surface area contributed by atoms with Gasteiger partial charge in [-0.15, -0.1) is 0 Å². The van der Waals surface area contributed by atoms with Crippen LogP contribution >= 0.6 is 0 Å². The van der Waals surface area contributed by atoms with E-state index in [9.17, 15) is 0 Å². The highest BCUT2D eigenvalue weighted by atomic mass is 15.1. The summed E-state index contributed by atoms with van der Waals surface area (Å²) in [5, 5.41) is 1.24. The first kappa shape index (κ1) is 18.4. The summed E-state index contributed by atoms with van der Waals surface area (Å²) in [4.78, 5) is 18.4. The minimum absolute atomic E-state index is 0.774. The largest absolute Gasteiger partial charge is 0.354 e. The minimum atomic E-state index is 0.774. The summed E-state index contributed by atoms with van der Waals surface area (Å²) in [5.74, 6) is 0.889. The number of H-pyrrole nitrogens is 2. The molecular weight excluding hydrogens is 358 g/mol. The third-order valence-electron chi connectivity index (χ3n) is 6.43. The number of hydrogen-bond acceptors (Lipinski definition) is 3. The number of aromatic amines is 2. The molecule has 0 radical (unpaired) electrons. The van der Waals surface area contributed by atoms with Gasteiger partial charge in [0.1, 0.15) is 11.3 Å². The predicted octanol–water partition coefficient (Wildman–Crippen LogP) is 5.22. The van der Waals surface area contributed by atoms with Crippen LogP contribution in [-0.2, 0) is 6.42 Å². The number of aromatic nitrogens is 4. The van der Waals surface area contributed by atoms with Crippen LogP contribution in [0.1, 0.15) is 43.5 Å². The Hall–Kier alpha value is -2.66. The normalized spacial score (nSPS) is 15.7. The molecule has 3 aromatic heterocycles. The Morgan fingerprint density at radius 3 is 2.79 bits per heavy atom. The van der Waals surface area contributed by atoms with Crippen molar-refractivity contribution in [2.24, 2.45) is 0 Å². The number of nitrogens with zero attached hydrogens (tertiary/aromatic N) is 3. The van der Waals surface area contributed by atoms with E-state index in [1.807, 2.05) is 19.2 Å². The maximum absolute atomic E-state index is 4.63. The number of hydrogen-bond donors (Lipinski definition) is 2. The predicted molar refractivity (Wildman–Crippen MR) is 119 cm³/mol. The molecule has 1 aromatic carbocycles. The third-order valence-corrected chi connectivity index (χ3v) is 6.43. The molecule has 0 unspecified atom stereocenters. The van der Waals surface area contributed by atoms with Gasteiger partial charge in [-0.1, -0.05) is 31.4 Å². The first-order valence-corrected chi connectivity index (χ1v) is 10.8. The summed E-state index contributed by atoms with van der Waals surface area (Å²) in [5.41, 5.74) is 6.53. The van der Waals surface area contributed by atoms with Gasteiger partial charge < -0.3 is 14.9 Å². The molecule has 0 spiro atoms. The molecule has 5 heteroatoms. The van der Waals surface area contributed by atoms with Crippen LogP contribution in [0.4, 0.5) is 0 Å². The highest BCUT2D eigenvalue weighted by Gasteiger charge is 2.17. The molecule has 1 aliphatic rings. The quantitative estimate of drug-likeness (QED) is 0.493. The maximum atomic E-state index is 4.63. The van der Waals surface area contributed by atoms with Gasteiger partial charge in [-0.3, -0.25) is 0 Å². The summed E-state index contributed by atoms with van der Waals surface area (Å²) in [6, 6.07) is 11.8. The maximum Gasteiger partial charge on any atom is 0.158 e. The number of likely N-dealkylation sites (N-methyl/N-ethyl adjacent to an activating group) is 1. The zero-order valence-electron chi connectivity index (χ0n) is 17.3. The lowest BCUT2D eigenvalue weighted by Crippen LogP contribution is -2.34. The Labute approximate surface area is 171 Å². The van der Waals surface area contributed by atoms with E-state index < -0.39 is 0 Å². The van der Waals surface area contributed by atoms with Gasteiger partial charge in [0.05, 0.1) is 0 Å². The summed E-state index contributed by atoms with van der Waals surface area (Å²) in [7, 11) is 2.29. The van der Waals surface area contributed by atoms with E-state index in [1.165, 1.54) is 48.6 Å². The van der Waals surface area contributed by atoms with Crippen LogP contribution in [0.5, 0.6) is 0 Å². The molecule has 0 atom stereocenters. The first-order chi connectivity index (χ1) is 14.2. The van der Waals surface area contributed by atoms with Gasteiger partial charge in [0.2, 0.25) is 0 Å². The standard InChI is InChI=1S/C24H29N5/c1-16-26-23-20(10-12-25-24(23)27-16)22-15-18-9-8-17(14-21(18)28-22)11-13-29(2)19-6-4-3-5-7-19/h8-10,12,14-15,19,28H,3-7,11,13H2,1-2H3,(H,25,26,27). The Bertz CT molecular complexity index is 1130. The van der Waals surface area contributed by atoms with Crippen molar-refractivity contribution in [3.63, 3.8) is 0 Å². The SMILES string of the molecule is Cc1nc2c(-c3cc4ccc(CCN(C)C5CCCCC5)cc4[nH]3)ccnc2[nH]1. The van der Waals surface area contributed by atoms with Crippen molar-refractivity contribution in [1.82, 2.24) is 24.8 Å². The van der Waals surface area contributed by atoms with Crippen LogP contribution in [0.2, 0.25) is 0 Å². The summed E-state index contributed by atoms with van der Waals surface area (Å²) in [6.07, 6.45) is 9.86. The van der Waals surface area contributed by atoms with Crippen LogP contribution in [0.25, 0.3) is 33.3 Å². The summed E-state index contributed by atoms with van der Waals surface area (Å²) in [6.45, 7) is 3.09. The zero-order chi connectivity index (χ0) is 19.8.